The fourth-order valence-electron chi connectivity index (χ4n) is 2.26. The van der Waals surface area contributed by atoms with E-state index >= 15 is 0 Å². The molecule has 2 N–H and O–H groups in total. The summed E-state index contributed by atoms with van der Waals surface area (Å²) in [7, 11) is -2.56. The molecule has 0 spiro atoms. The molecule has 114 valence electrons. The van der Waals surface area contributed by atoms with Crippen LogP contribution in [-0.2, 0) is 14.8 Å². The van der Waals surface area contributed by atoms with E-state index in [0.29, 0.717) is 25.2 Å². The molecule has 0 bridgehead atoms. The molecule has 1 aliphatic heterocycles. The molecule has 1 heterocycles. The summed E-state index contributed by atoms with van der Waals surface area (Å²) in [6, 6.07) is 4.14. The molecule has 0 unspecified atom stereocenters. The van der Waals surface area contributed by atoms with Crippen LogP contribution >= 0.6 is 0 Å². The number of carbonyl (C=O) groups excluding carboxylic acids is 1. The first-order chi connectivity index (χ1) is 9.86. The number of nitrogens with zero attached hydrogens (tertiary/aromatic N) is 1. The van der Waals surface area contributed by atoms with Crippen LogP contribution in [0.25, 0.3) is 0 Å². The van der Waals surface area contributed by atoms with E-state index in [1.807, 2.05) is 13.0 Å². The van der Waals surface area contributed by atoms with Gasteiger partial charge in [0.05, 0.1) is 17.6 Å². The number of methoxy groups -OCH3 is 1. The van der Waals surface area contributed by atoms with Gasteiger partial charge in [-0.15, -0.1) is 0 Å². The zero-order chi connectivity index (χ0) is 15.6. The predicted molar refractivity (Wildman–Crippen MR) is 79.3 cm³/mol. The van der Waals surface area contributed by atoms with E-state index in [1.165, 1.54) is 29.6 Å². The van der Waals surface area contributed by atoms with Crippen LogP contribution in [0.5, 0.6) is 0 Å². The number of hydrogen-bond donors (Lipinski definition) is 1. The molecule has 7 heteroatoms. The third kappa shape index (κ3) is 3.08. The molecule has 21 heavy (non-hydrogen) atoms. The Morgan fingerprint density at radius 2 is 2.10 bits per heavy atom. The van der Waals surface area contributed by atoms with Crippen molar-refractivity contribution in [3.8, 4) is 0 Å². The summed E-state index contributed by atoms with van der Waals surface area (Å²) in [5, 5.41) is 0. The van der Waals surface area contributed by atoms with Gasteiger partial charge in [-0.1, -0.05) is 11.6 Å². The van der Waals surface area contributed by atoms with Crippen molar-refractivity contribution in [3.63, 3.8) is 0 Å². The maximum absolute atomic E-state index is 12.7. The maximum Gasteiger partial charge on any atom is 0.339 e. The highest BCUT2D eigenvalue weighted by Crippen LogP contribution is 2.25. The number of benzene rings is 1. The second-order valence-electron chi connectivity index (χ2n) is 4.92. The Hall–Kier alpha value is -1.86. The molecule has 1 aromatic rings. The van der Waals surface area contributed by atoms with Crippen molar-refractivity contribution in [3.05, 3.63) is 35.4 Å². The smallest absolute Gasteiger partial charge is 0.339 e. The molecule has 0 radical (unpaired) electrons. The van der Waals surface area contributed by atoms with E-state index in [9.17, 15) is 13.2 Å². The number of ether oxygens (including phenoxy) is 1. The van der Waals surface area contributed by atoms with Crippen molar-refractivity contribution in [2.75, 3.05) is 25.9 Å². The van der Waals surface area contributed by atoms with E-state index < -0.39 is 16.0 Å². The molecule has 0 aliphatic carbocycles. The van der Waals surface area contributed by atoms with Crippen molar-refractivity contribution in [2.24, 2.45) is 0 Å². The quantitative estimate of drug-likeness (QED) is 0.518. The Balaban J connectivity index is 2.50. The molecule has 1 aromatic carbocycles. The Kier molecular flexibility index (Phi) is 4.34. The van der Waals surface area contributed by atoms with Gasteiger partial charge in [-0.2, -0.15) is 4.31 Å². The maximum atomic E-state index is 12.7. The van der Waals surface area contributed by atoms with Crippen LogP contribution in [-0.4, -0.2) is 38.9 Å². The molecular weight excluding hydrogens is 292 g/mol. The number of nitrogens with two attached hydrogens (primary N) is 1. The van der Waals surface area contributed by atoms with Gasteiger partial charge in [-0.3, -0.25) is 0 Å². The second kappa shape index (κ2) is 5.87. The molecule has 0 aromatic heterocycles. The first-order valence-electron chi connectivity index (χ1n) is 6.50. The minimum Gasteiger partial charge on any atom is -0.465 e. The number of nitrogen functional groups attached to an aromatic ring is 1. The van der Waals surface area contributed by atoms with Crippen LogP contribution in [0.15, 0.2) is 34.7 Å². The zero-order valence-electron chi connectivity index (χ0n) is 12.0. The van der Waals surface area contributed by atoms with Gasteiger partial charge >= 0.3 is 5.97 Å². The number of sulfonamides is 1. The number of anilines is 1. The lowest BCUT2D eigenvalue weighted by molar-refractivity contribution is 0.0596. The second-order valence-corrected chi connectivity index (χ2v) is 6.83. The molecule has 6 nitrogen and oxygen atoms in total. The van der Waals surface area contributed by atoms with Crippen molar-refractivity contribution >= 4 is 21.7 Å². The normalized spacial score (nSPS) is 16.4. The molecule has 2 rings (SSSR count). The Bertz CT molecular complexity index is 695. The Labute approximate surface area is 124 Å². The SMILES string of the molecule is COC(=O)c1cc(N)ccc1S(=O)(=O)N1CCC=C(C)C1. The van der Waals surface area contributed by atoms with Gasteiger partial charge in [-0.25, -0.2) is 13.2 Å². The molecule has 0 amide bonds. The Morgan fingerprint density at radius 1 is 1.38 bits per heavy atom. The average molecular weight is 310 g/mol. The van der Waals surface area contributed by atoms with Crippen molar-refractivity contribution < 1.29 is 17.9 Å². The van der Waals surface area contributed by atoms with Crippen LogP contribution in [0.2, 0.25) is 0 Å². The van der Waals surface area contributed by atoms with Crippen LogP contribution in [0, 0.1) is 0 Å². The van der Waals surface area contributed by atoms with Crippen LogP contribution in [0.4, 0.5) is 5.69 Å². The molecule has 0 saturated carbocycles. The third-order valence-electron chi connectivity index (χ3n) is 3.32. The van der Waals surface area contributed by atoms with Crippen molar-refractivity contribution in [1.82, 2.24) is 4.31 Å². The van der Waals surface area contributed by atoms with Gasteiger partial charge in [0.15, 0.2) is 0 Å². The number of esters is 1. The van der Waals surface area contributed by atoms with Gasteiger partial charge in [-0.05, 0) is 31.5 Å². The predicted octanol–water partition coefficient (Wildman–Crippen LogP) is 1.40. The highest BCUT2D eigenvalue weighted by atomic mass is 32.2. The molecule has 0 fully saturated rings. The monoisotopic (exact) mass is 310 g/mol. The average Bonchev–Trinajstić information content (AvgIpc) is 2.46. The lowest BCUT2D eigenvalue weighted by Crippen LogP contribution is -2.36. The minimum atomic E-state index is -3.76. The van der Waals surface area contributed by atoms with E-state index in [0.717, 1.165) is 5.57 Å². The molecule has 0 atom stereocenters. The third-order valence-corrected chi connectivity index (χ3v) is 5.23. The Morgan fingerprint density at radius 3 is 2.71 bits per heavy atom. The number of carbonyl (C=O) groups is 1. The van der Waals surface area contributed by atoms with Gasteiger partial charge in [0.1, 0.15) is 0 Å². The molecule has 1 aliphatic rings. The zero-order valence-corrected chi connectivity index (χ0v) is 12.8. The summed E-state index contributed by atoms with van der Waals surface area (Å²) in [6.45, 7) is 2.60. The number of rotatable bonds is 3. The van der Waals surface area contributed by atoms with E-state index in [2.05, 4.69) is 4.74 Å². The van der Waals surface area contributed by atoms with Gasteiger partial charge in [0.2, 0.25) is 10.0 Å². The lowest BCUT2D eigenvalue weighted by atomic mass is 10.2. The standard InChI is InChI=1S/C14H18N2O4S/c1-10-4-3-7-16(9-10)21(18,19)13-6-5-11(15)8-12(13)14(17)20-2/h4-6,8H,3,7,9,15H2,1-2H3. The van der Waals surface area contributed by atoms with E-state index in [4.69, 9.17) is 5.73 Å². The summed E-state index contributed by atoms with van der Waals surface area (Å²) < 4.78 is 31.5. The van der Waals surface area contributed by atoms with Crippen molar-refractivity contribution in [1.29, 1.82) is 0 Å². The van der Waals surface area contributed by atoms with E-state index in [-0.39, 0.29) is 10.5 Å². The summed E-state index contributed by atoms with van der Waals surface area (Å²) in [4.78, 5) is 11.7. The highest BCUT2D eigenvalue weighted by Gasteiger charge is 2.30. The molecular formula is C14H18N2O4S. The van der Waals surface area contributed by atoms with E-state index in [1.54, 1.807) is 0 Å². The summed E-state index contributed by atoms with van der Waals surface area (Å²) in [5.74, 6) is -0.717. The van der Waals surface area contributed by atoms with Crippen molar-refractivity contribution in [2.45, 2.75) is 18.2 Å². The fourth-order valence-corrected chi connectivity index (χ4v) is 3.92. The van der Waals surface area contributed by atoms with Crippen LogP contribution in [0.1, 0.15) is 23.7 Å². The highest BCUT2D eigenvalue weighted by molar-refractivity contribution is 7.89. The van der Waals surface area contributed by atoms with Gasteiger partial charge < -0.3 is 10.5 Å². The summed E-state index contributed by atoms with van der Waals surface area (Å²) >= 11 is 0. The minimum absolute atomic E-state index is 0.0373. The molecule has 0 saturated heterocycles. The van der Waals surface area contributed by atoms with Gasteiger partial charge in [0, 0.05) is 18.8 Å². The topological polar surface area (TPSA) is 89.7 Å². The largest absolute Gasteiger partial charge is 0.465 e. The summed E-state index contributed by atoms with van der Waals surface area (Å²) in [6.07, 6.45) is 2.67. The van der Waals surface area contributed by atoms with Crippen LogP contribution in [0.3, 0.4) is 0 Å². The van der Waals surface area contributed by atoms with Gasteiger partial charge in [0.25, 0.3) is 0 Å². The number of hydrogen-bond acceptors (Lipinski definition) is 5. The fraction of sp³-hybridized carbons (Fsp3) is 0.357. The van der Waals surface area contributed by atoms with Crippen LogP contribution < -0.4 is 5.73 Å². The summed E-state index contributed by atoms with van der Waals surface area (Å²) in [5.41, 5.74) is 6.90. The first kappa shape index (κ1) is 15.5. The first-order valence-corrected chi connectivity index (χ1v) is 7.94. The lowest BCUT2D eigenvalue weighted by Gasteiger charge is -2.26.